The van der Waals surface area contributed by atoms with Gasteiger partial charge in [-0.2, -0.15) is 0 Å². The van der Waals surface area contributed by atoms with E-state index in [1.807, 2.05) is 30.3 Å². The fraction of sp³-hybridized carbons (Fsp3) is 0.333. The van der Waals surface area contributed by atoms with Gasteiger partial charge in [0, 0.05) is 25.0 Å². The van der Waals surface area contributed by atoms with E-state index in [-0.39, 0.29) is 11.8 Å². The summed E-state index contributed by atoms with van der Waals surface area (Å²) < 4.78 is 5.63. The predicted octanol–water partition coefficient (Wildman–Crippen LogP) is 3.66. The van der Waals surface area contributed by atoms with Crippen LogP contribution in [0.4, 0.5) is 0 Å². The molecule has 0 saturated carbocycles. The molecular formula is C21H25ClN2O3. The molecule has 144 valence electrons. The Morgan fingerprint density at radius 1 is 1.11 bits per heavy atom. The zero-order chi connectivity index (χ0) is 19.6. The Kier molecular flexibility index (Phi) is 8.14. The molecule has 0 radical (unpaired) electrons. The first-order chi connectivity index (χ1) is 13.0. The number of benzene rings is 2. The molecule has 27 heavy (non-hydrogen) atoms. The molecule has 0 spiro atoms. The molecule has 0 heterocycles. The van der Waals surface area contributed by atoms with Gasteiger partial charge in [-0.15, -0.1) is 0 Å². The topological polar surface area (TPSA) is 58.6 Å². The van der Waals surface area contributed by atoms with Gasteiger partial charge in [0.25, 0.3) is 0 Å². The van der Waals surface area contributed by atoms with E-state index in [1.165, 1.54) is 0 Å². The van der Waals surface area contributed by atoms with Gasteiger partial charge < -0.3 is 15.0 Å². The molecule has 0 aliphatic heterocycles. The minimum atomic E-state index is -0.542. The second-order valence-electron chi connectivity index (χ2n) is 6.20. The van der Waals surface area contributed by atoms with Crippen molar-refractivity contribution in [2.45, 2.75) is 32.4 Å². The summed E-state index contributed by atoms with van der Waals surface area (Å²) in [6.45, 7) is 2.55. The molecular weight excluding hydrogens is 364 g/mol. The highest BCUT2D eigenvalue weighted by Gasteiger charge is 2.25. The summed E-state index contributed by atoms with van der Waals surface area (Å²) in [7, 11) is 1.57. The maximum Gasteiger partial charge on any atom is 0.242 e. The van der Waals surface area contributed by atoms with Crippen molar-refractivity contribution in [2.75, 3.05) is 13.7 Å². The average Bonchev–Trinajstić information content (AvgIpc) is 2.70. The molecule has 0 aliphatic rings. The van der Waals surface area contributed by atoms with Crippen LogP contribution in [-0.4, -0.2) is 36.4 Å². The maximum absolute atomic E-state index is 12.7. The molecule has 5 nitrogen and oxygen atoms in total. The van der Waals surface area contributed by atoms with Gasteiger partial charge in [-0.25, -0.2) is 0 Å². The fourth-order valence-corrected chi connectivity index (χ4v) is 2.79. The van der Waals surface area contributed by atoms with Gasteiger partial charge >= 0.3 is 0 Å². The molecule has 0 fully saturated rings. The summed E-state index contributed by atoms with van der Waals surface area (Å²) in [6, 6.07) is 16.2. The van der Waals surface area contributed by atoms with E-state index in [2.05, 4.69) is 5.32 Å². The van der Waals surface area contributed by atoms with Crippen molar-refractivity contribution in [3.63, 3.8) is 0 Å². The van der Waals surface area contributed by atoms with Crippen molar-refractivity contribution < 1.29 is 14.3 Å². The fourth-order valence-electron chi connectivity index (χ4n) is 2.66. The third-order valence-electron chi connectivity index (χ3n) is 4.23. The molecule has 1 N–H and O–H groups in total. The maximum atomic E-state index is 12.7. The molecule has 0 aliphatic carbocycles. The zero-order valence-electron chi connectivity index (χ0n) is 15.7. The van der Waals surface area contributed by atoms with Crippen LogP contribution in [0.25, 0.3) is 0 Å². The summed E-state index contributed by atoms with van der Waals surface area (Å²) in [4.78, 5) is 26.4. The molecule has 2 aromatic rings. The number of likely N-dealkylation sites (N-methyl/N-ethyl adjacent to an activating group) is 1. The summed E-state index contributed by atoms with van der Waals surface area (Å²) in [5.74, 6) is 0.457. The highest BCUT2D eigenvalue weighted by atomic mass is 35.5. The molecule has 1 unspecified atom stereocenters. The van der Waals surface area contributed by atoms with Crippen molar-refractivity contribution in [2.24, 2.45) is 0 Å². The highest BCUT2D eigenvalue weighted by molar-refractivity contribution is 6.30. The molecule has 0 aromatic heterocycles. The lowest BCUT2D eigenvalue weighted by atomic mass is 10.1. The molecule has 1 atom stereocenters. The Morgan fingerprint density at radius 2 is 1.78 bits per heavy atom. The van der Waals surface area contributed by atoms with Crippen LogP contribution in [0.2, 0.25) is 5.02 Å². The van der Waals surface area contributed by atoms with Gasteiger partial charge in [0.2, 0.25) is 11.8 Å². The summed E-state index contributed by atoms with van der Waals surface area (Å²) in [6.07, 6.45) is 0.870. The Bertz CT molecular complexity index is 735. The molecule has 2 aromatic carbocycles. The lowest BCUT2D eigenvalue weighted by molar-refractivity contribution is -0.140. The van der Waals surface area contributed by atoms with Gasteiger partial charge in [0.1, 0.15) is 11.8 Å². The van der Waals surface area contributed by atoms with E-state index in [9.17, 15) is 9.59 Å². The normalized spacial score (nSPS) is 11.5. The van der Waals surface area contributed by atoms with Crippen LogP contribution in [0, 0.1) is 0 Å². The van der Waals surface area contributed by atoms with Crippen molar-refractivity contribution >= 4 is 23.4 Å². The number of hydrogen-bond acceptors (Lipinski definition) is 3. The van der Waals surface area contributed by atoms with Crippen molar-refractivity contribution in [3.05, 3.63) is 65.2 Å². The van der Waals surface area contributed by atoms with E-state index in [1.54, 1.807) is 43.1 Å². The van der Waals surface area contributed by atoms with Crippen LogP contribution < -0.4 is 10.1 Å². The molecule has 0 saturated heterocycles. The zero-order valence-corrected chi connectivity index (χ0v) is 16.4. The number of nitrogens with one attached hydrogen (secondary N) is 1. The number of rotatable bonds is 9. The van der Waals surface area contributed by atoms with Gasteiger partial charge in [0.05, 0.1) is 6.61 Å². The lowest BCUT2D eigenvalue weighted by Crippen LogP contribution is -2.46. The number of carbonyl (C=O) groups is 2. The van der Waals surface area contributed by atoms with Crippen molar-refractivity contribution in [1.82, 2.24) is 10.2 Å². The van der Waals surface area contributed by atoms with E-state index in [4.69, 9.17) is 16.3 Å². The SMILES string of the molecule is CNC(=O)C(C)N(Cc1ccccc1)C(=O)CCCOc1ccc(Cl)cc1. The Balaban J connectivity index is 1.92. The van der Waals surface area contributed by atoms with Crippen molar-refractivity contribution in [3.8, 4) is 5.75 Å². The Hall–Kier alpha value is -2.53. The van der Waals surface area contributed by atoms with Crippen LogP contribution >= 0.6 is 11.6 Å². The van der Waals surface area contributed by atoms with Gasteiger partial charge in [-0.05, 0) is 43.2 Å². The number of nitrogens with zero attached hydrogens (tertiary/aromatic N) is 1. The lowest BCUT2D eigenvalue weighted by Gasteiger charge is -2.28. The number of carbonyl (C=O) groups excluding carboxylic acids is 2. The summed E-state index contributed by atoms with van der Waals surface area (Å²) in [5.41, 5.74) is 0.985. The quantitative estimate of drug-likeness (QED) is 0.667. The first-order valence-electron chi connectivity index (χ1n) is 8.94. The predicted molar refractivity (Wildman–Crippen MR) is 107 cm³/mol. The van der Waals surface area contributed by atoms with Crippen LogP contribution in [0.3, 0.4) is 0 Å². The largest absolute Gasteiger partial charge is 0.494 e. The second kappa shape index (κ2) is 10.6. The number of halogens is 1. The van der Waals surface area contributed by atoms with E-state index < -0.39 is 6.04 Å². The first kappa shape index (κ1) is 20.8. The van der Waals surface area contributed by atoms with Crippen LogP contribution in [0.1, 0.15) is 25.3 Å². The van der Waals surface area contributed by atoms with Crippen molar-refractivity contribution in [1.29, 1.82) is 0 Å². The Morgan fingerprint density at radius 3 is 2.41 bits per heavy atom. The smallest absolute Gasteiger partial charge is 0.242 e. The Labute approximate surface area is 165 Å². The summed E-state index contributed by atoms with van der Waals surface area (Å²) in [5, 5.41) is 3.26. The van der Waals surface area contributed by atoms with Crippen LogP contribution in [0.15, 0.2) is 54.6 Å². The molecule has 2 amide bonds. The van der Waals surface area contributed by atoms with Gasteiger partial charge in [-0.3, -0.25) is 9.59 Å². The molecule has 2 rings (SSSR count). The highest BCUT2D eigenvalue weighted by Crippen LogP contribution is 2.16. The first-order valence-corrected chi connectivity index (χ1v) is 9.32. The summed E-state index contributed by atoms with van der Waals surface area (Å²) >= 11 is 5.84. The van der Waals surface area contributed by atoms with Crippen LogP contribution in [-0.2, 0) is 16.1 Å². The minimum Gasteiger partial charge on any atom is -0.494 e. The monoisotopic (exact) mass is 388 g/mol. The van der Waals surface area contributed by atoms with E-state index >= 15 is 0 Å². The third-order valence-corrected chi connectivity index (χ3v) is 4.48. The average molecular weight is 389 g/mol. The van der Waals surface area contributed by atoms with Gasteiger partial charge in [-0.1, -0.05) is 41.9 Å². The number of ether oxygens (including phenoxy) is 1. The standard InChI is InChI=1S/C21H25ClN2O3/c1-16(21(26)23-2)24(15-17-7-4-3-5-8-17)20(25)9-6-14-27-19-12-10-18(22)11-13-19/h3-5,7-8,10-13,16H,6,9,14-15H2,1-2H3,(H,23,26). The molecule has 6 heteroatoms. The van der Waals surface area contributed by atoms with Gasteiger partial charge in [0.15, 0.2) is 0 Å². The van der Waals surface area contributed by atoms with E-state index in [0.717, 1.165) is 5.56 Å². The number of hydrogen-bond donors (Lipinski definition) is 1. The van der Waals surface area contributed by atoms with E-state index in [0.29, 0.717) is 36.8 Å². The minimum absolute atomic E-state index is 0.0744. The molecule has 0 bridgehead atoms. The number of amides is 2. The van der Waals surface area contributed by atoms with Crippen LogP contribution in [0.5, 0.6) is 5.75 Å². The third kappa shape index (κ3) is 6.61. The second-order valence-corrected chi connectivity index (χ2v) is 6.64.